The van der Waals surface area contributed by atoms with Gasteiger partial charge >= 0.3 is 0 Å². The summed E-state index contributed by atoms with van der Waals surface area (Å²) < 4.78 is 10.8. The number of benzene rings is 1. The molecule has 2 atom stereocenters. The molecule has 32 heavy (non-hydrogen) atoms. The summed E-state index contributed by atoms with van der Waals surface area (Å²) in [5, 5.41) is 7.92. The third kappa shape index (κ3) is 5.07. The van der Waals surface area contributed by atoms with Crippen LogP contribution in [0.3, 0.4) is 0 Å². The molecule has 0 aliphatic carbocycles. The van der Waals surface area contributed by atoms with E-state index in [2.05, 4.69) is 54.3 Å². The SMILES string of the molecule is Cc1noc(C2CCCN(Cc3ccc(CN4CCCC(c5nc(C)no5)C4)cc3)C2)n1. The van der Waals surface area contributed by atoms with Crippen molar-refractivity contribution in [3.05, 3.63) is 58.8 Å². The second kappa shape index (κ2) is 9.50. The van der Waals surface area contributed by atoms with Crippen molar-refractivity contribution in [2.24, 2.45) is 0 Å². The highest BCUT2D eigenvalue weighted by Gasteiger charge is 2.27. The lowest BCUT2D eigenvalue weighted by Crippen LogP contribution is -2.34. The van der Waals surface area contributed by atoms with E-state index < -0.39 is 0 Å². The van der Waals surface area contributed by atoms with Crippen molar-refractivity contribution in [3.63, 3.8) is 0 Å². The van der Waals surface area contributed by atoms with E-state index >= 15 is 0 Å². The molecule has 4 heterocycles. The molecule has 3 aromatic rings. The summed E-state index contributed by atoms with van der Waals surface area (Å²) in [5.41, 5.74) is 2.71. The van der Waals surface area contributed by atoms with Gasteiger partial charge in [-0.2, -0.15) is 9.97 Å². The van der Waals surface area contributed by atoms with E-state index in [1.165, 1.54) is 24.0 Å². The maximum atomic E-state index is 5.42. The number of piperidine rings is 2. The van der Waals surface area contributed by atoms with Gasteiger partial charge in [-0.3, -0.25) is 9.80 Å². The highest BCUT2D eigenvalue weighted by atomic mass is 16.5. The van der Waals surface area contributed by atoms with E-state index in [4.69, 9.17) is 9.05 Å². The van der Waals surface area contributed by atoms with Crippen LogP contribution in [0.2, 0.25) is 0 Å². The largest absolute Gasteiger partial charge is 0.339 e. The van der Waals surface area contributed by atoms with Crippen LogP contribution >= 0.6 is 0 Å². The van der Waals surface area contributed by atoms with Crippen molar-refractivity contribution < 1.29 is 9.05 Å². The average molecular weight is 437 g/mol. The zero-order chi connectivity index (χ0) is 21.9. The van der Waals surface area contributed by atoms with Gasteiger partial charge in [-0.15, -0.1) is 0 Å². The molecule has 5 rings (SSSR count). The fraction of sp³-hybridized carbons (Fsp3) is 0.583. The molecule has 8 nitrogen and oxygen atoms in total. The molecule has 2 fully saturated rings. The average Bonchev–Trinajstić information content (AvgIpc) is 3.44. The fourth-order valence-electron chi connectivity index (χ4n) is 5.03. The van der Waals surface area contributed by atoms with E-state index in [1.807, 2.05) is 13.8 Å². The standard InChI is InChI=1S/C24H32N6O2/c1-17-25-23(31-27-17)21-5-3-11-29(15-21)13-19-7-9-20(10-8-19)14-30-12-4-6-22(16-30)24-26-18(2)28-32-24/h7-10,21-22H,3-6,11-16H2,1-2H3. The summed E-state index contributed by atoms with van der Waals surface area (Å²) in [4.78, 5) is 13.9. The highest BCUT2D eigenvalue weighted by molar-refractivity contribution is 5.23. The molecule has 2 aromatic heterocycles. The number of hydrogen-bond acceptors (Lipinski definition) is 8. The maximum Gasteiger partial charge on any atom is 0.231 e. The lowest BCUT2D eigenvalue weighted by atomic mass is 9.97. The van der Waals surface area contributed by atoms with Crippen LogP contribution in [0.4, 0.5) is 0 Å². The van der Waals surface area contributed by atoms with Crippen LogP contribution in [0.25, 0.3) is 0 Å². The number of likely N-dealkylation sites (tertiary alicyclic amines) is 2. The number of hydrogen-bond donors (Lipinski definition) is 0. The molecule has 170 valence electrons. The maximum absolute atomic E-state index is 5.42. The van der Waals surface area contributed by atoms with Crippen molar-refractivity contribution in [3.8, 4) is 0 Å². The number of aromatic nitrogens is 4. The van der Waals surface area contributed by atoms with Gasteiger partial charge in [-0.25, -0.2) is 0 Å². The normalized spacial score (nSPS) is 22.9. The Hall–Kier alpha value is -2.58. The van der Waals surface area contributed by atoms with Crippen LogP contribution in [0, 0.1) is 13.8 Å². The summed E-state index contributed by atoms with van der Waals surface area (Å²) in [7, 11) is 0. The monoisotopic (exact) mass is 436 g/mol. The van der Waals surface area contributed by atoms with Gasteiger partial charge in [0.1, 0.15) is 0 Å². The van der Waals surface area contributed by atoms with Gasteiger partial charge in [-0.1, -0.05) is 34.6 Å². The van der Waals surface area contributed by atoms with E-state index in [1.54, 1.807) is 0 Å². The molecule has 2 aliphatic rings. The van der Waals surface area contributed by atoms with E-state index in [-0.39, 0.29) is 0 Å². The minimum Gasteiger partial charge on any atom is -0.339 e. The Morgan fingerprint density at radius 2 is 1.19 bits per heavy atom. The molecule has 0 saturated carbocycles. The van der Waals surface area contributed by atoms with Gasteiger partial charge in [-0.05, 0) is 63.7 Å². The van der Waals surface area contributed by atoms with Crippen LogP contribution in [0.15, 0.2) is 33.3 Å². The minimum atomic E-state index is 0.346. The van der Waals surface area contributed by atoms with Crippen LogP contribution in [-0.2, 0) is 13.1 Å². The first-order chi connectivity index (χ1) is 15.6. The van der Waals surface area contributed by atoms with E-state index in [9.17, 15) is 0 Å². The smallest absolute Gasteiger partial charge is 0.231 e. The summed E-state index contributed by atoms with van der Waals surface area (Å²) >= 11 is 0. The predicted molar refractivity (Wildman–Crippen MR) is 119 cm³/mol. The molecule has 2 aliphatic heterocycles. The Morgan fingerprint density at radius 3 is 1.56 bits per heavy atom. The predicted octanol–water partition coefficient (Wildman–Crippen LogP) is 3.83. The molecular formula is C24H32N6O2. The Kier molecular flexibility index (Phi) is 6.32. The number of nitrogens with zero attached hydrogens (tertiary/aromatic N) is 6. The third-order valence-electron chi connectivity index (χ3n) is 6.63. The molecule has 0 radical (unpaired) electrons. The van der Waals surface area contributed by atoms with Crippen LogP contribution < -0.4 is 0 Å². The summed E-state index contributed by atoms with van der Waals surface area (Å²) in [5.74, 6) is 3.72. The number of rotatable bonds is 6. The molecule has 0 spiro atoms. The van der Waals surface area contributed by atoms with Crippen molar-refractivity contribution in [1.29, 1.82) is 0 Å². The van der Waals surface area contributed by atoms with Gasteiger partial charge in [0.15, 0.2) is 11.6 Å². The summed E-state index contributed by atoms with van der Waals surface area (Å²) in [6, 6.07) is 9.11. The minimum absolute atomic E-state index is 0.346. The molecule has 2 unspecified atom stereocenters. The molecule has 0 N–H and O–H groups in total. The number of aryl methyl sites for hydroxylation is 2. The molecule has 0 amide bonds. The lowest BCUT2D eigenvalue weighted by molar-refractivity contribution is 0.179. The van der Waals surface area contributed by atoms with Gasteiger partial charge in [0.2, 0.25) is 11.8 Å². The van der Waals surface area contributed by atoms with Gasteiger partial charge in [0, 0.05) is 26.2 Å². The zero-order valence-corrected chi connectivity index (χ0v) is 19.0. The Morgan fingerprint density at radius 1 is 0.750 bits per heavy atom. The third-order valence-corrected chi connectivity index (χ3v) is 6.63. The van der Waals surface area contributed by atoms with Gasteiger partial charge < -0.3 is 9.05 Å². The van der Waals surface area contributed by atoms with E-state index in [0.29, 0.717) is 11.8 Å². The highest BCUT2D eigenvalue weighted by Crippen LogP contribution is 2.28. The Labute approximate surface area is 189 Å². The van der Waals surface area contributed by atoms with Crippen LogP contribution in [0.5, 0.6) is 0 Å². The molecule has 2 saturated heterocycles. The second-order valence-electron chi connectivity index (χ2n) is 9.32. The Balaban J connectivity index is 1.15. The quantitative estimate of drug-likeness (QED) is 0.576. The lowest BCUT2D eigenvalue weighted by Gasteiger charge is -2.31. The fourth-order valence-corrected chi connectivity index (χ4v) is 5.03. The Bertz CT molecular complexity index is 932. The molecular weight excluding hydrogens is 404 g/mol. The topological polar surface area (TPSA) is 84.3 Å². The first-order valence-electron chi connectivity index (χ1n) is 11.8. The molecule has 0 bridgehead atoms. The van der Waals surface area contributed by atoms with Crippen molar-refractivity contribution in [2.75, 3.05) is 26.2 Å². The molecule has 1 aromatic carbocycles. The van der Waals surface area contributed by atoms with Gasteiger partial charge in [0.25, 0.3) is 0 Å². The van der Waals surface area contributed by atoms with Crippen molar-refractivity contribution in [2.45, 2.75) is 64.5 Å². The summed E-state index contributed by atoms with van der Waals surface area (Å²) in [6.07, 6.45) is 4.58. The first kappa shape index (κ1) is 21.3. The van der Waals surface area contributed by atoms with Crippen LogP contribution in [0.1, 0.15) is 72.1 Å². The second-order valence-corrected chi connectivity index (χ2v) is 9.32. The summed E-state index contributed by atoms with van der Waals surface area (Å²) in [6.45, 7) is 9.89. The van der Waals surface area contributed by atoms with E-state index in [0.717, 1.165) is 75.5 Å². The van der Waals surface area contributed by atoms with Gasteiger partial charge in [0.05, 0.1) is 11.8 Å². The first-order valence-corrected chi connectivity index (χ1v) is 11.8. The van der Waals surface area contributed by atoms with Crippen molar-refractivity contribution in [1.82, 2.24) is 30.1 Å². The zero-order valence-electron chi connectivity index (χ0n) is 19.0. The van der Waals surface area contributed by atoms with Crippen LogP contribution in [-0.4, -0.2) is 56.3 Å². The van der Waals surface area contributed by atoms with Crippen molar-refractivity contribution >= 4 is 0 Å². The molecule has 8 heteroatoms.